The fourth-order valence-electron chi connectivity index (χ4n) is 4.40. The van der Waals surface area contributed by atoms with Crippen LogP contribution in [-0.2, 0) is 9.53 Å². The Morgan fingerprint density at radius 1 is 1.38 bits per heavy atom. The zero-order chi connectivity index (χ0) is 18.1. The number of nitrogens with one attached hydrogen (secondary N) is 1. The summed E-state index contributed by atoms with van der Waals surface area (Å²) in [5.74, 6) is 2.71. The molecule has 0 spiro atoms. The number of aromatic nitrogens is 1. The molecule has 0 bridgehead atoms. The molecule has 3 aliphatic rings. The van der Waals surface area contributed by atoms with Crippen molar-refractivity contribution in [3.63, 3.8) is 0 Å². The van der Waals surface area contributed by atoms with Crippen LogP contribution in [0.1, 0.15) is 38.2 Å². The van der Waals surface area contributed by atoms with E-state index in [1.807, 2.05) is 6.07 Å². The summed E-state index contributed by atoms with van der Waals surface area (Å²) >= 11 is 0. The van der Waals surface area contributed by atoms with Gasteiger partial charge in [0, 0.05) is 32.8 Å². The van der Waals surface area contributed by atoms with Gasteiger partial charge in [-0.25, -0.2) is 4.98 Å². The SMILES string of the molecule is CC(=O)N[C@@H]1C[C@@H]2CN(c3cc(C#N)ccn3)C[C@@H]2C[C@H]1OCC1CC1. The minimum Gasteiger partial charge on any atom is -0.376 e. The van der Waals surface area contributed by atoms with E-state index in [9.17, 15) is 4.79 Å². The van der Waals surface area contributed by atoms with Gasteiger partial charge in [0.25, 0.3) is 0 Å². The molecule has 138 valence electrons. The maximum Gasteiger partial charge on any atom is 0.217 e. The number of hydrogen-bond acceptors (Lipinski definition) is 5. The lowest BCUT2D eigenvalue weighted by atomic mass is 9.77. The van der Waals surface area contributed by atoms with E-state index in [1.165, 1.54) is 12.8 Å². The predicted octanol–water partition coefficient (Wildman–Crippen LogP) is 2.10. The average Bonchev–Trinajstić information content (AvgIpc) is 3.37. The zero-order valence-corrected chi connectivity index (χ0v) is 15.2. The summed E-state index contributed by atoms with van der Waals surface area (Å²) < 4.78 is 6.21. The molecular weight excluding hydrogens is 328 g/mol. The van der Waals surface area contributed by atoms with Crippen molar-refractivity contribution in [1.29, 1.82) is 5.26 Å². The number of carbonyl (C=O) groups excluding carboxylic acids is 1. The van der Waals surface area contributed by atoms with Crippen molar-refractivity contribution in [2.45, 2.75) is 44.8 Å². The standard InChI is InChI=1S/C20H26N4O2/c1-13(25)23-18-7-16-10-24(20-6-15(9-21)4-5-22-20)11-17(16)8-19(18)26-12-14-2-3-14/h4-6,14,16-19H,2-3,7-8,10-12H2,1H3,(H,23,25)/t16-,17+,18-,19-/m1/s1. The van der Waals surface area contributed by atoms with Crippen LogP contribution in [0.2, 0.25) is 0 Å². The Morgan fingerprint density at radius 2 is 2.15 bits per heavy atom. The number of carbonyl (C=O) groups is 1. The number of hydrogen-bond donors (Lipinski definition) is 1. The molecule has 1 N–H and O–H groups in total. The van der Waals surface area contributed by atoms with E-state index in [4.69, 9.17) is 10.00 Å². The summed E-state index contributed by atoms with van der Waals surface area (Å²) in [7, 11) is 0. The highest BCUT2D eigenvalue weighted by atomic mass is 16.5. The third-order valence-corrected chi connectivity index (χ3v) is 5.95. The lowest BCUT2D eigenvalue weighted by Gasteiger charge is -2.38. The van der Waals surface area contributed by atoms with Crippen molar-refractivity contribution in [2.75, 3.05) is 24.6 Å². The van der Waals surface area contributed by atoms with Crippen molar-refractivity contribution < 1.29 is 9.53 Å². The second kappa shape index (κ2) is 7.24. The number of rotatable bonds is 5. The van der Waals surface area contributed by atoms with Crippen LogP contribution in [0.15, 0.2) is 18.3 Å². The van der Waals surface area contributed by atoms with Gasteiger partial charge in [0.2, 0.25) is 5.91 Å². The van der Waals surface area contributed by atoms with E-state index in [0.717, 1.165) is 44.3 Å². The van der Waals surface area contributed by atoms with E-state index >= 15 is 0 Å². The minimum atomic E-state index is 0.0201. The number of nitrogens with zero attached hydrogens (tertiary/aromatic N) is 3. The molecule has 6 heteroatoms. The van der Waals surface area contributed by atoms with Gasteiger partial charge in [-0.05, 0) is 55.6 Å². The van der Waals surface area contributed by atoms with Gasteiger partial charge in [-0.1, -0.05) is 0 Å². The Balaban J connectivity index is 1.45. The Hall–Kier alpha value is -2.13. The summed E-state index contributed by atoms with van der Waals surface area (Å²) in [6.45, 7) is 4.29. The Labute approximate surface area is 154 Å². The van der Waals surface area contributed by atoms with E-state index in [0.29, 0.717) is 17.4 Å². The Morgan fingerprint density at radius 3 is 2.85 bits per heavy atom. The molecule has 2 saturated carbocycles. The maximum absolute atomic E-state index is 11.6. The number of anilines is 1. The monoisotopic (exact) mass is 354 g/mol. The van der Waals surface area contributed by atoms with Crippen molar-refractivity contribution in [2.24, 2.45) is 17.8 Å². The van der Waals surface area contributed by atoms with Crippen LogP contribution in [0.3, 0.4) is 0 Å². The highest BCUT2D eigenvalue weighted by molar-refractivity contribution is 5.73. The lowest BCUT2D eigenvalue weighted by molar-refractivity contribution is -0.122. The molecular formula is C20H26N4O2. The third-order valence-electron chi connectivity index (χ3n) is 5.95. The van der Waals surface area contributed by atoms with Gasteiger partial charge in [0.05, 0.1) is 23.8 Å². The number of fused-ring (bicyclic) bond motifs is 1. The lowest BCUT2D eigenvalue weighted by Crippen LogP contribution is -2.50. The first kappa shape index (κ1) is 17.3. The molecule has 1 aromatic rings. The molecule has 2 aliphatic carbocycles. The van der Waals surface area contributed by atoms with Crippen LogP contribution in [-0.4, -0.2) is 42.7 Å². The second-order valence-corrected chi connectivity index (χ2v) is 8.03. The first-order valence-corrected chi connectivity index (χ1v) is 9.62. The molecule has 0 aromatic carbocycles. The molecule has 1 amide bonds. The molecule has 0 unspecified atom stereocenters. The molecule has 4 rings (SSSR count). The van der Waals surface area contributed by atoms with Crippen molar-refractivity contribution in [3.8, 4) is 6.07 Å². The first-order valence-electron chi connectivity index (χ1n) is 9.62. The van der Waals surface area contributed by atoms with E-state index in [-0.39, 0.29) is 18.1 Å². The summed E-state index contributed by atoms with van der Waals surface area (Å²) in [5, 5.41) is 12.2. The first-order chi connectivity index (χ1) is 12.6. The molecule has 4 atom stereocenters. The molecule has 3 fully saturated rings. The Bertz CT molecular complexity index is 712. The summed E-state index contributed by atoms with van der Waals surface area (Å²) in [4.78, 5) is 18.4. The number of ether oxygens (including phenoxy) is 1. The number of amides is 1. The minimum absolute atomic E-state index is 0.0201. The largest absolute Gasteiger partial charge is 0.376 e. The van der Waals surface area contributed by atoms with Gasteiger partial charge in [0.15, 0.2) is 0 Å². The van der Waals surface area contributed by atoms with Crippen LogP contribution < -0.4 is 10.2 Å². The molecule has 0 radical (unpaired) electrons. The van der Waals surface area contributed by atoms with Crippen LogP contribution >= 0.6 is 0 Å². The van der Waals surface area contributed by atoms with Gasteiger partial charge < -0.3 is 15.0 Å². The van der Waals surface area contributed by atoms with Gasteiger partial charge in [-0.3, -0.25) is 4.79 Å². The molecule has 26 heavy (non-hydrogen) atoms. The van der Waals surface area contributed by atoms with E-state index in [1.54, 1.807) is 19.2 Å². The smallest absolute Gasteiger partial charge is 0.217 e. The van der Waals surface area contributed by atoms with Gasteiger partial charge in [-0.2, -0.15) is 5.26 Å². The normalized spacial score (nSPS) is 30.5. The average molecular weight is 354 g/mol. The molecule has 1 aromatic heterocycles. The van der Waals surface area contributed by atoms with E-state index in [2.05, 4.69) is 21.3 Å². The van der Waals surface area contributed by atoms with Gasteiger partial charge in [0.1, 0.15) is 5.82 Å². The molecule has 2 heterocycles. The van der Waals surface area contributed by atoms with E-state index < -0.39 is 0 Å². The van der Waals surface area contributed by atoms with Crippen molar-refractivity contribution >= 4 is 11.7 Å². The fraction of sp³-hybridized carbons (Fsp3) is 0.650. The molecule has 1 saturated heterocycles. The van der Waals surface area contributed by atoms with Crippen molar-refractivity contribution in [1.82, 2.24) is 10.3 Å². The highest BCUT2D eigenvalue weighted by Crippen LogP contribution is 2.40. The summed E-state index contributed by atoms with van der Waals surface area (Å²) in [6.07, 6.45) is 6.30. The fourth-order valence-corrected chi connectivity index (χ4v) is 4.40. The van der Waals surface area contributed by atoms with Crippen LogP contribution in [0.5, 0.6) is 0 Å². The van der Waals surface area contributed by atoms with Gasteiger partial charge >= 0.3 is 0 Å². The Kier molecular flexibility index (Phi) is 4.82. The zero-order valence-electron chi connectivity index (χ0n) is 15.2. The maximum atomic E-state index is 11.6. The molecule has 1 aliphatic heterocycles. The van der Waals surface area contributed by atoms with Crippen LogP contribution in [0, 0.1) is 29.1 Å². The highest BCUT2D eigenvalue weighted by Gasteiger charge is 2.43. The summed E-state index contributed by atoms with van der Waals surface area (Å²) in [5.41, 5.74) is 0.645. The van der Waals surface area contributed by atoms with Crippen LogP contribution in [0.25, 0.3) is 0 Å². The number of pyridine rings is 1. The quantitative estimate of drug-likeness (QED) is 0.876. The second-order valence-electron chi connectivity index (χ2n) is 8.03. The summed E-state index contributed by atoms with van der Waals surface area (Å²) in [6, 6.07) is 5.89. The van der Waals surface area contributed by atoms with Crippen molar-refractivity contribution in [3.05, 3.63) is 23.9 Å². The third kappa shape index (κ3) is 3.83. The predicted molar refractivity (Wildman–Crippen MR) is 97.4 cm³/mol. The van der Waals surface area contributed by atoms with Gasteiger partial charge in [-0.15, -0.1) is 0 Å². The molecule has 6 nitrogen and oxygen atoms in total. The number of nitriles is 1. The van der Waals surface area contributed by atoms with Crippen LogP contribution in [0.4, 0.5) is 5.82 Å². The topological polar surface area (TPSA) is 78.3 Å².